The fourth-order valence-corrected chi connectivity index (χ4v) is 4.14. The van der Waals surface area contributed by atoms with Crippen LogP contribution in [0.3, 0.4) is 0 Å². The molecule has 1 atom stereocenters. The first-order valence-electron chi connectivity index (χ1n) is 12.4. The summed E-state index contributed by atoms with van der Waals surface area (Å²) in [5.41, 5.74) is 6.55. The predicted molar refractivity (Wildman–Crippen MR) is 125 cm³/mol. The fourth-order valence-electron chi connectivity index (χ4n) is 4.14. The highest BCUT2D eigenvalue weighted by Gasteiger charge is 2.37. The van der Waals surface area contributed by atoms with Gasteiger partial charge in [0.1, 0.15) is 0 Å². The molecule has 0 unspecified atom stereocenters. The van der Waals surface area contributed by atoms with E-state index in [1.165, 1.54) is 18.2 Å². The van der Waals surface area contributed by atoms with Gasteiger partial charge in [-0.25, -0.2) is 4.98 Å². The molecule has 1 aromatic carbocycles. The van der Waals surface area contributed by atoms with Gasteiger partial charge in [0.25, 0.3) is 5.91 Å². The number of nitrogens with one attached hydrogen (secondary N) is 2. The lowest BCUT2D eigenvalue weighted by atomic mass is 9.86. The van der Waals surface area contributed by atoms with Gasteiger partial charge in [-0.2, -0.15) is 8.78 Å². The molecule has 11 heteroatoms. The summed E-state index contributed by atoms with van der Waals surface area (Å²) in [5, 5.41) is 5.93. The minimum atomic E-state index is -2.99. The number of nitrogens with two attached hydrogens (primary N) is 1. The Bertz CT molecular complexity index is 1120. The molecule has 3 aliphatic carbocycles. The number of carbonyl (C=O) groups is 2. The molecule has 2 amide bonds. The van der Waals surface area contributed by atoms with Crippen LogP contribution in [0.5, 0.6) is 11.5 Å². The first-order chi connectivity index (χ1) is 17.3. The number of carbonyl (C=O) groups excluding carboxylic acids is 2. The number of benzene rings is 1. The molecule has 36 heavy (non-hydrogen) atoms. The zero-order chi connectivity index (χ0) is 25.4. The molecule has 194 valence electrons. The molecule has 4 N–H and O–H groups in total. The van der Waals surface area contributed by atoms with Gasteiger partial charge in [0.05, 0.1) is 12.6 Å². The van der Waals surface area contributed by atoms with Crippen LogP contribution in [0.1, 0.15) is 67.7 Å². The van der Waals surface area contributed by atoms with E-state index < -0.39 is 18.6 Å². The van der Waals surface area contributed by atoms with Crippen LogP contribution in [0.2, 0.25) is 0 Å². The van der Waals surface area contributed by atoms with E-state index in [0.717, 1.165) is 25.7 Å². The molecule has 1 heterocycles. The van der Waals surface area contributed by atoms with Gasteiger partial charge in [0.15, 0.2) is 23.0 Å². The summed E-state index contributed by atoms with van der Waals surface area (Å²) in [6.45, 7) is -0.914. The SMILES string of the molecule is C[C@H](N)c1oc(-c2ccc(OC(F)F)c(OCC3CC3)c2)nc1C(=O)NC1CC(NC(=O)C2CC2)C1. The molecule has 1 aromatic heterocycles. The van der Waals surface area contributed by atoms with Gasteiger partial charge in [-0.1, -0.05) is 0 Å². The summed E-state index contributed by atoms with van der Waals surface area (Å²) in [5.74, 6) is 0.635. The number of halogens is 2. The van der Waals surface area contributed by atoms with E-state index in [1.54, 1.807) is 6.92 Å². The van der Waals surface area contributed by atoms with E-state index in [2.05, 4.69) is 20.4 Å². The second kappa shape index (κ2) is 10.0. The molecular formula is C25H30F2N4O5. The topological polar surface area (TPSA) is 129 Å². The summed E-state index contributed by atoms with van der Waals surface area (Å²) in [4.78, 5) is 29.3. The van der Waals surface area contributed by atoms with E-state index in [1.807, 2.05) is 0 Å². The van der Waals surface area contributed by atoms with Crippen molar-refractivity contribution < 1.29 is 32.3 Å². The van der Waals surface area contributed by atoms with Gasteiger partial charge >= 0.3 is 6.61 Å². The Labute approximate surface area is 207 Å². The van der Waals surface area contributed by atoms with Crippen molar-refractivity contribution in [1.82, 2.24) is 15.6 Å². The van der Waals surface area contributed by atoms with E-state index in [4.69, 9.17) is 14.9 Å². The fraction of sp³-hybridized carbons (Fsp3) is 0.560. The highest BCUT2D eigenvalue weighted by atomic mass is 19.3. The summed E-state index contributed by atoms with van der Waals surface area (Å²) < 4.78 is 41.8. The largest absolute Gasteiger partial charge is 0.489 e. The molecule has 3 fully saturated rings. The summed E-state index contributed by atoms with van der Waals surface area (Å²) in [7, 11) is 0. The number of ether oxygens (including phenoxy) is 2. The first-order valence-corrected chi connectivity index (χ1v) is 12.4. The van der Waals surface area contributed by atoms with E-state index >= 15 is 0 Å². The van der Waals surface area contributed by atoms with Crippen molar-refractivity contribution in [3.8, 4) is 23.0 Å². The Hall–Kier alpha value is -3.21. The second-order valence-electron chi connectivity index (χ2n) is 9.94. The van der Waals surface area contributed by atoms with Gasteiger partial charge in [-0.05, 0) is 69.6 Å². The van der Waals surface area contributed by atoms with Crippen molar-refractivity contribution >= 4 is 11.8 Å². The Kier molecular flexibility index (Phi) is 6.83. The molecule has 0 aliphatic heterocycles. The zero-order valence-electron chi connectivity index (χ0n) is 20.0. The van der Waals surface area contributed by atoms with Crippen molar-refractivity contribution in [1.29, 1.82) is 0 Å². The monoisotopic (exact) mass is 504 g/mol. The third kappa shape index (κ3) is 5.77. The van der Waals surface area contributed by atoms with Gasteiger partial charge in [-0.15, -0.1) is 0 Å². The number of rotatable bonds is 11. The lowest BCUT2D eigenvalue weighted by Gasteiger charge is -2.36. The van der Waals surface area contributed by atoms with E-state index in [0.29, 0.717) is 30.9 Å². The molecule has 3 aliphatic rings. The Morgan fingerprint density at radius 1 is 1.14 bits per heavy atom. The van der Waals surface area contributed by atoms with Crippen LogP contribution in [0.25, 0.3) is 11.5 Å². The van der Waals surface area contributed by atoms with Crippen LogP contribution < -0.4 is 25.8 Å². The van der Waals surface area contributed by atoms with Gasteiger partial charge < -0.3 is 30.3 Å². The molecule has 0 radical (unpaired) electrons. The average molecular weight is 505 g/mol. The van der Waals surface area contributed by atoms with Crippen LogP contribution in [0, 0.1) is 11.8 Å². The normalized spacial score (nSPS) is 22.0. The van der Waals surface area contributed by atoms with Crippen LogP contribution >= 0.6 is 0 Å². The maximum Gasteiger partial charge on any atom is 0.387 e. The molecule has 0 spiro atoms. The number of nitrogens with zero attached hydrogens (tertiary/aromatic N) is 1. The van der Waals surface area contributed by atoms with Gasteiger partial charge in [0.2, 0.25) is 11.8 Å². The molecular weight excluding hydrogens is 474 g/mol. The standard InChI is InChI=1S/C25H30F2N4O5/c1-12(28)21-20(23(33)30-17-9-16(10-17)29-22(32)14-4-5-14)31-24(36-21)15-6-7-18(35-25(26)27)19(8-15)34-11-13-2-3-13/h6-8,12-14,16-17,25H,2-5,9-11,28H2,1H3,(H,29,32)(H,30,33)/t12-,16?,17?/m0/s1. The average Bonchev–Trinajstić information content (AvgIpc) is 3.73. The summed E-state index contributed by atoms with van der Waals surface area (Å²) in [6.07, 6.45) is 5.27. The Balaban J connectivity index is 1.28. The van der Waals surface area contributed by atoms with Crippen LogP contribution in [0.4, 0.5) is 8.78 Å². The zero-order valence-corrected chi connectivity index (χ0v) is 20.0. The Morgan fingerprint density at radius 2 is 1.86 bits per heavy atom. The minimum absolute atomic E-state index is 0.0622. The van der Waals surface area contributed by atoms with Crippen molar-refractivity contribution in [3.63, 3.8) is 0 Å². The number of oxazole rings is 1. The predicted octanol–water partition coefficient (Wildman–Crippen LogP) is 3.54. The number of alkyl halides is 2. The van der Waals surface area contributed by atoms with E-state index in [-0.39, 0.29) is 52.8 Å². The third-order valence-electron chi connectivity index (χ3n) is 6.63. The van der Waals surface area contributed by atoms with Gasteiger partial charge in [0, 0.05) is 23.6 Å². The number of amides is 2. The molecule has 0 bridgehead atoms. The van der Waals surface area contributed by atoms with Crippen molar-refractivity contribution in [2.45, 2.75) is 70.2 Å². The molecule has 0 saturated heterocycles. The first kappa shape index (κ1) is 24.5. The number of aromatic nitrogens is 1. The van der Waals surface area contributed by atoms with Crippen molar-refractivity contribution in [2.24, 2.45) is 17.6 Å². The summed E-state index contributed by atoms with van der Waals surface area (Å²) in [6, 6.07) is 3.76. The minimum Gasteiger partial charge on any atom is -0.489 e. The Morgan fingerprint density at radius 3 is 2.50 bits per heavy atom. The van der Waals surface area contributed by atoms with Crippen molar-refractivity contribution in [3.05, 3.63) is 29.7 Å². The van der Waals surface area contributed by atoms with Crippen molar-refractivity contribution in [2.75, 3.05) is 6.61 Å². The third-order valence-corrected chi connectivity index (χ3v) is 6.63. The van der Waals surface area contributed by atoms with Crippen LogP contribution in [0.15, 0.2) is 22.6 Å². The van der Waals surface area contributed by atoms with Crippen LogP contribution in [-0.4, -0.2) is 42.1 Å². The molecule has 3 saturated carbocycles. The highest BCUT2D eigenvalue weighted by Crippen LogP contribution is 2.37. The van der Waals surface area contributed by atoms with Crippen LogP contribution in [-0.2, 0) is 4.79 Å². The maximum absolute atomic E-state index is 13.0. The lowest BCUT2D eigenvalue weighted by molar-refractivity contribution is -0.123. The lowest BCUT2D eigenvalue weighted by Crippen LogP contribution is -2.54. The number of hydrogen-bond acceptors (Lipinski definition) is 7. The summed E-state index contributed by atoms with van der Waals surface area (Å²) >= 11 is 0. The second-order valence-corrected chi connectivity index (χ2v) is 9.94. The maximum atomic E-state index is 13.0. The number of hydrogen-bond donors (Lipinski definition) is 3. The van der Waals surface area contributed by atoms with E-state index in [9.17, 15) is 18.4 Å². The highest BCUT2D eigenvalue weighted by molar-refractivity contribution is 5.94. The van der Waals surface area contributed by atoms with Gasteiger partial charge in [-0.3, -0.25) is 9.59 Å². The molecule has 5 rings (SSSR count). The molecule has 9 nitrogen and oxygen atoms in total. The smallest absolute Gasteiger partial charge is 0.387 e. The molecule has 2 aromatic rings. The quantitative estimate of drug-likeness (QED) is 0.427.